The number of aromatic nitrogens is 3. The van der Waals surface area contributed by atoms with E-state index in [1.54, 1.807) is 17.8 Å². The second kappa shape index (κ2) is 11.4. The maximum absolute atomic E-state index is 15.4. The minimum absolute atomic E-state index is 0.0252. The number of nitrogens with zero attached hydrogens (tertiary/aromatic N) is 4. The van der Waals surface area contributed by atoms with E-state index in [-0.39, 0.29) is 42.6 Å². The summed E-state index contributed by atoms with van der Waals surface area (Å²) in [5.41, 5.74) is 2.37. The Morgan fingerprint density at radius 1 is 1.27 bits per heavy atom. The van der Waals surface area contributed by atoms with Crippen molar-refractivity contribution in [3.05, 3.63) is 41.7 Å². The number of carbonyl (C=O) groups excluding carboxylic acids is 2. The number of ether oxygens (including phenoxy) is 2. The first-order valence-corrected chi connectivity index (χ1v) is 15.9. The predicted octanol–water partition coefficient (Wildman–Crippen LogP) is 3.41. The molecule has 0 radical (unpaired) electrons. The lowest BCUT2D eigenvalue weighted by molar-refractivity contribution is -0.153. The summed E-state index contributed by atoms with van der Waals surface area (Å²) in [6, 6.07) is 7.69. The van der Waals surface area contributed by atoms with Crippen molar-refractivity contribution in [3.63, 3.8) is 0 Å². The first-order chi connectivity index (χ1) is 17.6. The van der Waals surface area contributed by atoms with Gasteiger partial charge in [-0.1, -0.05) is 24.3 Å². The molecule has 2 saturated heterocycles. The van der Waals surface area contributed by atoms with Crippen molar-refractivity contribution in [2.45, 2.75) is 89.6 Å². The average Bonchev–Trinajstić information content (AvgIpc) is 3.39. The molecule has 0 spiro atoms. The van der Waals surface area contributed by atoms with Crippen LogP contribution in [0.15, 0.2) is 30.5 Å². The molecular formula is C26H37FN4O5Si. The van der Waals surface area contributed by atoms with E-state index in [1.807, 2.05) is 30.5 Å². The zero-order chi connectivity index (χ0) is 26.7. The van der Waals surface area contributed by atoms with Gasteiger partial charge in [0.05, 0.1) is 24.3 Å². The second-order valence-electron chi connectivity index (χ2n) is 10.6. The van der Waals surface area contributed by atoms with Gasteiger partial charge in [0, 0.05) is 43.9 Å². The highest BCUT2D eigenvalue weighted by Gasteiger charge is 2.50. The van der Waals surface area contributed by atoms with Crippen LogP contribution in [0.3, 0.4) is 0 Å². The quantitative estimate of drug-likeness (QED) is 0.205. The third-order valence-electron chi connectivity index (χ3n) is 7.41. The molecule has 202 valence electrons. The van der Waals surface area contributed by atoms with Gasteiger partial charge in [0.2, 0.25) is 14.3 Å². The average molecular weight is 533 g/mol. The summed E-state index contributed by atoms with van der Waals surface area (Å²) in [5, 5.41) is 17.3. The maximum atomic E-state index is 15.4. The molecule has 3 heterocycles. The molecule has 2 fully saturated rings. The van der Waals surface area contributed by atoms with Gasteiger partial charge in [-0.05, 0) is 56.0 Å². The highest BCUT2D eigenvalue weighted by atomic mass is 28.4. The van der Waals surface area contributed by atoms with E-state index in [4.69, 9.17) is 14.6 Å². The molecule has 4 rings (SSSR count). The van der Waals surface area contributed by atoms with Crippen LogP contribution in [0.2, 0.25) is 18.6 Å². The van der Waals surface area contributed by atoms with Crippen molar-refractivity contribution in [1.82, 2.24) is 15.0 Å². The third kappa shape index (κ3) is 6.45. The van der Waals surface area contributed by atoms with Crippen molar-refractivity contribution < 1.29 is 28.3 Å². The van der Waals surface area contributed by atoms with E-state index >= 15 is 4.11 Å². The fraction of sp³-hybridized carbons (Fsp3) is 0.615. The number of hydrogen-bond donors (Lipinski definition) is 1. The van der Waals surface area contributed by atoms with Gasteiger partial charge in [0.15, 0.2) is 6.23 Å². The number of β-lactam (4-membered cyclic amide) rings is 1. The number of hydrogen-bond acceptors (Lipinski definition) is 7. The van der Waals surface area contributed by atoms with Gasteiger partial charge in [-0.15, -0.1) is 5.10 Å². The van der Waals surface area contributed by atoms with Crippen LogP contribution >= 0.6 is 0 Å². The number of halogens is 1. The summed E-state index contributed by atoms with van der Waals surface area (Å²) in [6.45, 7) is 7.56. The predicted molar refractivity (Wildman–Crippen MR) is 138 cm³/mol. The first kappa shape index (κ1) is 27.4. The van der Waals surface area contributed by atoms with Crippen molar-refractivity contribution in [2.24, 2.45) is 5.92 Å². The van der Waals surface area contributed by atoms with Gasteiger partial charge >= 0.3 is 5.97 Å². The van der Waals surface area contributed by atoms with Gasteiger partial charge in [-0.25, -0.2) is 0 Å². The highest BCUT2D eigenvalue weighted by molar-refractivity contribution is 6.72. The monoisotopic (exact) mass is 532 g/mol. The van der Waals surface area contributed by atoms with Crippen molar-refractivity contribution in [1.29, 1.82) is 0 Å². The molecule has 2 aliphatic rings. The number of aryl methyl sites for hydroxylation is 2. The molecule has 0 bridgehead atoms. The molecule has 1 N–H and O–H groups in total. The summed E-state index contributed by atoms with van der Waals surface area (Å²) >= 11 is 0. The van der Waals surface area contributed by atoms with Crippen LogP contribution in [0.5, 0.6) is 0 Å². The number of carbonyl (C=O) groups is 2. The summed E-state index contributed by atoms with van der Waals surface area (Å²) in [6.07, 6.45) is 3.79. The lowest BCUT2D eigenvalue weighted by atomic mass is 9.95. The van der Waals surface area contributed by atoms with Gasteiger partial charge in [-0.2, -0.15) is 0 Å². The number of amides is 1. The Labute approximate surface area is 218 Å². The van der Waals surface area contributed by atoms with Crippen LogP contribution in [-0.2, 0) is 38.4 Å². The van der Waals surface area contributed by atoms with Crippen LogP contribution in [-0.4, -0.2) is 65.4 Å². The highest BCUT2D eigenvalue weighted by Crippen LogP contribution is 2.47. The normalized spacial score (nSPS) is 25.8. The Balaban J connectivity index is 1.39. The van der Waals surface area contributed by atoms with Gasteiger partial charge < -0.3 is 18.7 Å². The molecule has 1 unspecified atom stereocenters. The largest absolute Gasteiger partial charge is 0.441 e. The Bertz CT molecular complexity index is 1110. The fourth-order valence-corrected chi connectivity index (χ4v) is 8.33. The molecule has 37 heavy (non-hydrogen) atoms. The SMILES string of the molecule is CC(=O)OC1CC(=O)N1c1cccc(CC[C@H]2O[C@@H](CCn3cc(CCO)nn3)[C@H]([Si](C)(C)F)[C@H]2C)c1. The zero-order valence-corrected chi connectivity index (χ0v) is 23.0. The molecule has 9 nitrogen and oxygen atoms in total. The number of anilines is 1. The van der Waals surface area contributed by atoms with E-state index in [9.17, 15) is 9.59 Å². The van der Waals surface area contributed by atoms with Crippen LogP contribution in [0.1, 0.15) is 44.4 Å². The van der Waals surface area contributed by atoms with Crippen LogP contribution in [0.4, 0.5) is 9.80 Å². The fourth-order valence-electron chi connectivity index (χ4n) is 5.74. The molecule has 2 aromatic rings. The van der Waals surface area contributed by atoms with E-state index in [0.29, 0.717) is 25.1 Å². The Morgan fingerprint density at radius 3 is 2.73 bits per heavy atom. The summed E-state index contributed by atoms with van der Waals surface area (Å²) in [7, 11) is -2.99. The van der Waals surface area contributed by atoms with Crippen molar-refractivity contribution >= 4 is 26.0 Å². The third-order valence-corrected chi connectivity index (χ3v) is 9.89. The van der Waals surface area contributed by atoms with Gasteiger partial charge in [0.25, 0.3) is 0 Å². The topological polar surface area (TPSA) is 107 Å². The second-order valence-corrected chi connectivity index (χ2v) is 14.4. The van der Waals surface area contributed by atoms with Crippen LogP contribution < -0.4 is 4.90 Å². The lowest BCUT2D eigenvalue weighted by Gasteiger charge is -2.39. The molecule has 1 aromatic carbocycles. The van der Waals surface area contributed by atoms with E-state index in [0.717, 1.165) is 24.1 Å². The summed E-state index contributed by atoms with van der Waals surface area (Å²) in [4.78, 5) is 25.0. The first-order valence-electron chi connectivity index (χ1n) is 13.0. The molecule has 2 aliphatic heterocycles. The Morgan fingerprint density at radius 2 is 2.05 bits per heavy atom. The smallest absolute Gasteiger partial charge is 0.304 e. The number of rotatable bonds is 11. The van der Waals surface area contributed by atoms with Crippen LogP contribution in [0, 0.1) is 5.92 Å². The summed E-state index contributed by atoms with van der Waals surface area (Å²) < 4.78 is 28.9. The minimum atomic E-state index is -2.99. The standard InChI is InChI=1S/C26H37FN4O5Si/c1-17-22(9-8-19-6-5-7-21(14-19)31-24(34)15-25(31)35-18(2)33)36-23(26(17)37(3,4)27)10-12-30-16-20(11-13-32)28-29-30/h5-7,14,16-17,22-23,25-26,32H,8-13,15H2,1-4H3/t17-,22+,23-,25?,26+/m0/s1. The lowest BCUT2D eigenvalue weighted by Crippen LogP contribution is -2.54. The van der Waals surface area contributed by atoms with E-state index < -0.39 is 20.6 Å². The molecule has 0 saturated carbocycles. The maximum Gasteiger partial charge on any atom is 0.304 e. The summed E-state index contributed by atoms with van der Waals surface area (Å²) in [5.74, 6) is -0.400. The van der Waals surface area contributed by atoms with E-state index in [1.165, 1.54) is 11.8 Å². The molecule has 1 amide bonds. The van der Waals surface area contributed by atoms with Crippen molar-refractivity contribution in [2.75, 3.05) is 11.5 Å². The van der Waals surface area contributed by atoms with Crippen molar-refractivity contribution in [3.8, 4) is 0 Å². The Kier molecular flexibility index (Phi) is 8.45. The number of esters is 1. The molecular weight excluding hydrogens is 495 g/mol. The molecule has 11 heteroatoms. The number of aliphatic hydroxyl groups excluding tert-OH is 1. The number of aliphatic hydroxyl groups is 1. The minimum Gasteiger partial charge on any atom is -0.441 e. The molecule has 0 aliphatic carbocycles. The van der Waals surface area contributed by atoms with Gasteiger partial charge in [-0.3, -0.25) is 19.2 Å². The zero-order valence-electron chi connectivity index (χ0n) is 22.0. The Hall–Kier alpha value is -2.63. The molecule has 1 aromatic heterocycles. The van der Waals surface area contributed by atoms with Crippen LogP contribution in [0.25, 0.3) is 0 Å². The molecule has 5 atom stereocenters. The number of benzene rings is 1. The van der Waals surface area contributed by atoms with Gasteiger partial charge in [0.1, 0.15) is 0 Å². The van der Waals surface area contributed by atoms with E-state index in [2.05, 4.69) is 17.2 Å².